The third-order valence-electron chi connectivity index (χ3n) is 5.68. The molecule has 0 spiro atoms. The van der Waals surface area contributed by atoms with Crippen molar-refractivity contribution >= 4 is 0 Å². The third kappa shape index (κ3) is 4.19. The number of hydrogen-bond donors (Lipinski definition) is 1. The Bertz CT molecular complexity index is 304. The lowest BCUT2D eigenvalue weighted by molar-refractivity contribution is 0.0180. The third-order valence-corrected chi connectivity index (χ3v) is 5.68. The number of morpholine rings is 1. The summed E-state index contributed by atoms with van der Waals surface area (Å²) >= 11 is 0. The summed E-state index contributed by atoms with van der Waals surface area (Å²) in [5, 5.41) is 3.73. The van der Waals surface area contributed by atoms with Crippen LogP contribution < -0.4 is 5.32 Å². The number of nitrogens with one attached hydrogen (secondary N) is 1. The van der Waals surface area contributed by atoms with E-state index in [0.717, 1.165) is 50.8 Å². The predicted molar refractivity (Wildman–Crippen MR) is 86.7 cm³/mol. The van der Waals surface area contributed by atoms with Gasteiger partial charge >= 0.3 is 0 Å². The smallest absolute Gasteiger partial charge is 0.0594 e. The van der Waals surface area contributed by atoms with Gasteiger partial charge in [-0.3, -0.25) is 4.90 Å². The van der Waals surface area contributed by atoms with Crippen LogP contribution in [0.2, 0.25) is 0 Å². The summed E-state index contributed by atoms with van der Waals surface area (Å²) in [7, 11) is 0. The van der Waals surface area contributed by atoms with Gasteiger partial charge in [0.05, 0.1) is 13.2 Å². The zero-order valence-corrected chi connectivity index (χ0v) is 13.7. The van der Waals surface area contributed by atoms with E-state index in [1.807, 2.05) is 0 Å². The molecule has 1 saturated carbocycles. The molecular formula is C17H33N3O. The van der Waals surface area contributed by atoms with Gasteiger partial charge in [0, 0.05) is 38.3 Å². The van der Waals surface area contributed by atoms with Gasteiger partial charge in [0.25, 0.3) is 0 Å². The van der Waals surface area contributed by atoms with Crippen LogP contribution in [0.25, 0.3) is 0 Å². The summed E-state index contributed by atoms with van der Waals surface area (Å²) in [6, 6.07) is 1.56. The number of nitrogens with zero attached hydrogens (tertiary/aromatic N) is 2. The predicted octanol–water partition coefficient (Wildman–Crippen LogP) is 1.56. The van der Waals surface area contributed by atoms with E-state index in [1.54, 1.807) is 0 Å². The van der Waals surface area contributed by atoms with Gasteiger partial charge in [-0.15, -0.1) is 0 Å². The Balaban J connectivity index is 1.46. The molecule has 2 heterocycles. The van der Waals surface area contributed by atoms with Crippen LogP contribution in [0.4, 0.5) is 0 Å². The maximum Gasteiger partial charge on any atom is 0.0594 e. The van der Waals surface area contributed by atoms with E-state index in [4.69, 9.17) is 4.74 Å². The Morgan fingerprint density at radius 3 is 2.67 bits per heavy atom. The average molecular weight is 295 g/mol. The fourth-order valence-electron chi connectivity index (χ4n) is 4.51. The lowest BCUT2D eigenvalue weighted by Crippen LogP contribution is -2.46. The SMILES string of the molecule is CCNC1CCCCC1CN1CCC(N2CCOCC2)C1. The molecule has 2 saturated heterocycles. The molecule has 3 atom stereocenters. The minimum absolute atomic E-state index is 0.770. The highest BCUT2D eigenvalue weighted by Crippen LogP contribution is 2.27. The first-order valence-electron chi connectivity index (χ1n) is 9.14. The Hall–Kier alpha value is -0.160. The van der Waals surface area contributed by atoms with Crippen molar-refractivity contribution < 1.29 is 4.74 Å². The van der Waals surface area contributed by atoms with E-state index < -0.39 is 0 Å². The van der Waals surface area contributed by atoms with Crippen molar-refractivity contribution in [2.45, 2.75) is 51.1 Å². The van der Waals surface area contributed by atoms with Gasteiger partial charge in [0.2, 0.25) is 0 Å². The summed E-state index contributed by atoms with van der Waals surface area (Å²) in [6.07, 6.45) is 7.03. The molecular weight excluding hydrogens is 262 g/mol. The average Bonchev–Trinajstić information content (AvgIpc) is 2.99. The molecule has 2 aliphatic heterocycles. The normalized spacial score (nSPS) is 36.1. The number of rotatable bonds is 5. The largest absolute Gasteiger partial charge is 0.379 e. The topological polar surface area (TPSA) is 27.7 Å². The van der Waals surface area contributed by atoms with Crippen LogP contribution in [0.3, 0.4) is 0 Å². The van der Waals surface area contributed by atoms with Crippen LogP contribution in [0.1, 0.15) is 39.0 Å². The van der Waals surface area contributed by atoms with Crippen LogP contribution in [0, 0.1) is 5.92 Å². The number of likely N-dealkylation sites (tertiary alicyclic amines) is 1. The zero-order chi connectivity index (χ0) is 14.5. The van der Waals surface area contributed by atoms with Crippen molar-refractivity contribution in [1.29, 1.82) is 0 Å². The summed E-state index contributed by atoms with van der Waals surface area (Å²) in [5.41, 5.74) is 0. The van der Waals surface area contributed by atoms with Gasteiger partial charge in [-0.05, 0) is 38.3 Å². The van der Waals surface area contributed by atoms with Gasteiger partial charge in [-0.1, -0.05) is 19.8 Å². The maximum atomic E-state index is 5.49. The first kappa shape index (κ1) is 15.7. The highest BCUT2D eigenvalue weighted by molar-refractivity contribution is 4.88. The highest BCUT2D eigenvalue weighted by atomic mass is 16.5. The summed E-state index contributed by atoms with van der Waals surface area (Å²) in [5.74, 6) is 0.877. The summed E-state index contributed by atoms with van der Waals surface area (Å²) < 4.78 is 5.49. The van der Waals surface area contributed by atoms with E-state index in [2.05, 4.69) is 22.0 Å². The van der Waals surface area contributed by atoms with Gasteiger partial charge in [-0.2, -0.15) is 0 Å². The van der Waals surface area contributed by atoms with Crippen LogP contribution in [-0.4, -0.2) is 74.4 Å². The van der Waals surface area contributed by atoms with Crippen molar-refractivity contribution in [3.63, 3.8) is 0 Å². The molecule has 0 aromatic carbocycles. The van der Waals surface area contributed by atoms with E-state index in [9.17, 15) is 0 Å². The van der Waals surface area contributed by atoms with Gasteiger partial charge < -0.3 is 15.0 Å². The molecule has 3 unspecified atom stereocenters. The molecule has 3 fully saturated rings. The first-order chi connectivity index (χ1) is 10.4. The van der Waals surface area contributed by atoms with Crippen LogP contribution in [0.5, 0.6) is 0 Å². The van der Waals surface area contributed by atoms with Crippen molar-refractivity contribution in [2.24, 2.45) is 5.92 Å². The monoisotopic (exact) mass is 295 g/mol. The second kappa shape index (κ2) is 7.91. The van der Waals surface area contributed by atoms with E-state index >= 15 is 0 Å². The molecule has 1 aliphatic carbocycles. The fourth-order valence-corrected chi connectivity index (χ4v) is 4.51. The summed E-state index contributed by atoms with van der Waals surface area (Å²) in [6.45, 7) is 11.4. The lowest BCUT2D eigenvalue weighted by atomic mass is 9.84. The van der Waals surface area contributed by atoms with Gasteiger partial charge in [0.1, 0.15) is 0 Å². The summed E-state index contributed by atoms with van der Waals surface area (Å²) in [4.78, 5) is 5.40. The minimum atomic E-state index is 0.770. The molecule has 4 heteroatoms. The Morgan fingerprint density at radius 2 is 1.86 bits per heavy atom. The Labute approximate surface area is 130 Å². The Morgan fingerprint density at radius 1 is 1.05 bits per heavy atom. The quantitative estimate of drug-likeness (QED) is 0.833. The number of ether oxygens (including phenoxy) is 1. The van der Waals surface area contributed by atoms with E-state index in [1.165, 1.54) is 51.7 Å². The first-order valence-corrected chi connectivity index (χ1v) is 9.14. The molecule has 122 valence electrons. The molecule has 0 radical (unpaired) electrons. The molecule has 3 rings (SSSR count). The molecule has 1 N–H and O–H groups in total. The molecule has 0 bridgehead atoms. The van der Waals surface area contributed by atoms with Crippen molar-refractivity contribution in [2.75, 3.05) is 52.5 Å². The maximum absolute atomic E-state index is 5.49. The number of hydrogen-bond acceptors (Lipinski definition) is 4. The van der Waals surface area contributed by atoms with Crippen molar-refractivity contribution in [1.82, 2.24) is 15.1 Å². The molecule has 0 aromatic rings. The molecule has 3 aliphatic rings. The lowest BCUT2D eigenvalue weighted by Gasteiger charge is -2.35. The molecule has 0 amide bonds. The Kier molecular flexibility index (Phi) is 5.92. The van der Waals surface area contributed by atoms with E-state index in [-0.39, 0.29) is 0 Å². The van der Waals surface area contributed by atoms with Crippen LogP contribution in [-0.2, 0) is 4.74 Å². The van der Waals surface area contributed by atoms with Crippen LogP contribution >= 0.6 is 0 Å². The molecule has 4 nitrogen and oxygen atoms in total. The van der Waals surface area contributed by atoms with Gasteiger partial charge in [-0.25, -0.2) is 0 Å². The standard InChI is InChI=1S/C17H33N3O/c1-2-18-17-6-4-3-5-15(17)13-19-8-7-16(14-19)20-9-11-21-12-10-20/h15-18H,2-14H2,1H3. The van der Waals surface area contributed by atoms with Crippen LogP contribution in [0.15, 0.2) is 0 Å². The molecule has 21 heavy (non-hydrogen) atoms. The zero-order valence-electron chi connectivity index (χ0n) is 13.7. The second-order valence-electron chi connectivity index (χ2n) is 7.06. The highest BCUT2D eigenvalue weighted by Gasteiger charge is 2.32. The van der Waals surface area contributed by atoms with Gasteiger partial charge in [0.15, 0.2) is 0 Å². The molecule has 0 aromatic heterocycles. The van der Waals surface area contributed by atoms with E-state index in [0.29, 0.717) is 0 Å². The minimum Gasteiger partial charge on any atom is -0.379 e. The second-order valence-corrected chi connectivity index (χ2v) is 7.06. The fraction of sp³-hybridized carbons (Fsp3) is 1.00. The van der Waals surface area contributed by atoms with Crippen molar-refractivity contribution in [3.05, 3.63) is 0 Å². The van der Waals surface area contributed by atoms with Crippen molar-refractivity contribution in [3.8, 4) is 0 Å².